The summed E-state index contributed by atoms with van der Waals surface area (Å²) < 4.78 is 5.36. The van der Waals surface area contributed by atoms with E-state index in [2.05, 4.69) is 21.6 Å². The highest BCUT2D eigenvalue weighted by molar-refractivity contribution is 7.99. The Balaban J connectivity index is 1.30. The van der Waals surface area contributed by atoms with Gasteiger partial charge in [0.15, 0.2) is 0 Å². The van der Waals surface area contributed by atoms with Gasteiger partial charge >= 0.3 is 0 Å². The van der Waals surface area contributed by atoms with E-state index in [1.165, 1.54) is 37.9 Å². The second-order valence-corrected chi connectivity index (χ2v) is 11.9. The lowest BCUT2D eigenvalue weighted by Crippen LogP contribution is -2.42. The number of thioether (sulfide) groups is 1. The highest BCUT2D eigenvalue weighted by atomic mass is 35.5. The van der Waals surface area contributed by atoms with Gasteiger partial charge in [0.1, 0.15) is 5.75 Å². The third-order valence-electron chi connectivity index (χ3n) is 7.88. The van der Waals surface area contributed by atoms with Gasteiger partial charge < -0.3 is 19.8 Å². The molecule has 2 aliphatic rings. The molecule has 2 aromatic rings. The number of likely N-dealkylation sites (tertiary alicyclic amines) is 1. The molecule has 0 amide bonds. The zero-order chi connectivity index (χ0) is 24.0. The third-order valence-corrected chi connectivity index (χ3v) is 9.64. The van der Waals surface area contributed by atoms with Crippen LogP contribution < -0.4 is 4.74 Å². The zero-order valence-corrected chi connectivity index (χ0v) is 21.9. The molecule has 0 bridgehead atoms. The summed E-state index contributed by atoms with van der Waals surface area (Å²) >= 11 is 8.66. The summed E-state index contributed by atoms with van der Waals surface area (Å²) in [6.07, 6.45) is 11.1. The number of aliphatic hydroxyl groups is 2. The summed E-state index contributed by atoms with van der Waals surface area (Å²) in [7, 11) is 1.63. The van der Waals surface area contributed by atoms with Crippen LogP contribution in [-0.2, 0) is 0 Å². The molecule has 0 radical (unpaired) electrons. The average molecular weight is 507 g/mol. The van der Waals surface area contributed by atoms with Crippen molar-refractivity contribution >= 4 is 34.3 Å². The monoisotopic (exact) mass is 506 g/mol. The lowest BCUT2D eigenvalue weighted by molar-refractivity contribution is 0.0238. The van der Waals surface area contributed by atoms with Crippen LogP contribution in [0.4, 0.5) is 0 Å². The number of methoxy groups -OCH3 is 1. The Labute approximate surface area is 213 Å². The molecule has 1 unspecified atom stereocenters. The highest BCUT2D eigenvalue weighted by Crippen LogP contribution is 2.40. The number of hydrogen-bond donors (Lipinski definition) is 2. The van der Waals surface area contributed by atoms with E-state index in [4.69, 9.17) is 16.3 Å². The molecule has 2 heterocycles. The molecule has 1 atom stereocenters. The van der Waals surface area contributed by atoms with Gasteiger partial charge in [0.25, 0.3) is 0 Å². The maximum absolute atomic E-state index is 11.1. The highest BCUT2D eigenvalue weighted by Gasteiger charge is 2.34. The fourth-order valence-corrected chi connectivity index (χ4v) is 7.12. The molecule has 2 N–H and O–H groups in total. The lowest BCUT2D eigenvalue weighted by Gasteiger charge is -2.41. The first-order chi connectivity index (χ1) is 16.5. The van der Waals surface area contributed by atoms with E-state index in [9.17, 15) is 10.2 Å². The van der Waals surface area contributed by atoms with Gasteiger partial charge in [0.2, 0.25) is 0 Å². The number of ether oxygens (including phenoxy) is 1. The van der Waals surface area contributed by atoms with Gasteiger partial charge in [-0.3, -0.25) is 4.98 Å². The van der Waals surface area contributed by atoms with Crippen LogP contribution in [0, 0.1) is 5.41 Å². The summed E-state index contributed by atoms with van der Waals surface area (Å²) in [5.41, 5.74) is 1.37. The molecule has 4 rings (SSSR count). The van der Waals surface area contributed by atoms with E-state index < -0.39 is 6.10 Å². The van der Waals surface area contributed by atoms with Crippen LogP contribution in [0.5, 0.6) is 5.75 Å². The number of aromatic nitrogens is 1. The van der Waals surface area contributed by atoms with Gasteiger partial charge in [-0.2, -0.15) is 11.8 Å². The quantitative estimate of drug-likeness (QED) is 0.372. The van der Waals surface area contributed by atoms with Crippen molar-refractivity contribution < 1.29 is 14.9 Å². The minimum Gasteiger partial charge on any atom is -0.497 e. The van der Waals surface area contributed by atoms with Gasteiger partial charge in [-0.05, 0) is 93.9 Å². The first-order valence-electron chi connectivity index (χ1n) is 12.8. The van der Waals surface area contributed by atoms with Gasteiger partial charge in [-0.25, -0.2) is 0 Å². The molecule has 0 spiro atoms. The number of aliphatic hydroxyl groups excluding tert-OH is 2. The number of hydrogen-bond acceptors (Lipinski definition) is 6. The largest absolute Gasteiger partial charge is 0.497 e. The fraction of sp³-hybridized carbons (Fsp3) is 0.667. The maximum atomic E-state index is 11.1. The minimum atomic E-state index is -0.709. The van der Waals surface area contributed by atoms with E-state index in [1.54, 1.807) is 13.3 Å². The number of piperidine rings is 1. The SMILES string of the molecule is COc1ccc2ncc(Cl)c(C(O)CCC3(CO)CCN(CCCSC4CCCC4)CC3)c2c1. The zero-order valence-electron chi connectivity index (χ0n) is 20.3. The minimum absolute atomic E-state index is 0.122. The first-order valence-corrected chi connectivity index (χ1v) is 14.2. The Morgan fingerprint density at radius 3 is 2.74 bits per heavy atom. The molecule has 5 nitrogen and oxygen atoms in total. The number of nitrogens with zero attached hydrogens (tertiary/aromatic N) is 2. The van der Waals surface area contributed by atoms with Crippen molar-refractivity contribution in [2.45, 2.75) is 69.1 Å². The van der Waals surface area contributed by atoms with Crippen LogP contribution in [0.25, 0.3) is 10.9 Å². The van der Waals surface area contributed by atoms with E-state index in [0.717, 1.165) is 55.0 Å². The molecule has 2 fully saturated rings. The number of rotatable bonds is 11. The van der Waals surface area contributed by atoms with Gasteiger partial charge in [0.05, 0.1) is 23.8 Å². The second kappa shape index (κ2) is 12.3. The van der Waals surface area contributed by atoms with Crippen LogP contribution in [0.15, 0.2) is 24.4 Å². The van der Waals surface area contributed by atoms with Gasteiger partial charge in [-0.15, -0.1) is 0 Å². The molecule has 1 saturated heterocycles. The van der Waals surface area contributed by atoms with E-state index in [1.807, 2.05) is 18.2 Å². The first kappa shape index (κ1) is 26.0. The normalized spacial score (nSPS) is 20.1. The van der Waals surface area contributed by atoms with Gasteiger partial charge in [0, 0.05) is 29.0 Å². The van der Waals surface area contributed by atoms with Crippen molar-refractivity contribution in [1.82, 2.24) is 9.88 Å². The van der Waals surface area contributed by atoms with Gasteiger partial charge in [-0.1, -0.05) is 24.4 Å². The predicted octanol–water partition coefficient (Wildman–Crippen LogP) is 5.85. The topological polar surface area (TPSA) is 65.8 Å². The molecule has 34 heavy (non-hydrogen) atoms. The van der Waals surface area contributed by atoms with Crippen LogP contribution in [0.1, 0.15) is 69.5 Å². The van der Waals surface area contributed by atoms with Crippen molar-refractivity contribution in [1.29, 1.82) is 0 Å². The summed E-state index contributed by atoms with van der Waals surface area (Å²) in [6.45, 7) is 3.38. The molecular weight excluding hydrogens is 468 g/mol. The Kier molecular flexibility index (Phi) is 9.39. The average Bonchev–Trinajstić information content (AvgIpc) is 3.39. The number of fused-ring (bicyclic) bond motifs is 1. The molecule has 1 aromatic heterocycles. The van der Waals surface area contributed by atoms with Crippen molar-refractivity contribution in [3.8, 4) is 5.75 Å². The number of halogens is 1. The second-order valence-electron chi connectivity index (χ2n) is 10.1. The van der Waals surface area contributed by atoms with Crippen LogP contribution in [0.3, 0.4) is 0 Å². The number of benzene rings is 1. The van der Waals surface area contributed by atoms with E-state index in [-0.39, 0.29) is 12.0 Å². The fourth-order valence-electron chi connectivity index (χ4n) is 5.55. The smallest absolute Gasteiger partial charge is 0.119 e. The van der Waals surface area contributed by atoms with Crippen molar-refractivity contribution in [2.75, 3.05) is 39.1 Å². The Hall–Kier alpha value is -1.05. The van der Waals surface area contributed by atoms with Crippen molar-refractivity contribution in [3.63, 3.8) is 0 Å². The Bertz CT molecular complexity index is 929. The van der Waals surface area contributed by atoms with Crippen LogP contribution in [-0.4, -0.2) is 64.5 Å². The predicted molar refractivity (Wildman–Crippen MR) is 142 cm³/mol. The summed E-state index contributed by atoms with van der Waals surface area (Å²) in [5.74, 6) is 1.98. The lowest BCUT2D eigenvalue weighted by atomic mass is 9.74. The van der Waals surface area contributed by atoms with Crippen LogP contribution >= 0.6 is 23.4 Å². The molecule has 7 heteroatoms. The standard InChI is InChI=1S/C27H39ClN2O3S/c1-33-20-7-8-24-22(17-20)26(23(28)18-29-24)25(32)9-10-27(19-31)11-14-30(15-12-27)13-4-16-34-21-5-2-3-6-21/h7-8,17-18,21,25,31-32H,2-6,9-16,19H2,1H3. The Morgan fingerprint density at radius 1 is 1.26 bits per heavy atom. The van der Waals surface area contributed by atoms with E-state index in [0.29, 0.717) is 22.8 Å². The Morgan fingerprint density at radius 2 is 2.03 bits per heavy atom. The molecule has 1 aromatic carbocycles. The van der Waals surface area contributed by atoms with E-state index >= 15 is 0 Å². The summed E-state index contributed by atoms with van der Waals surface area (Å²) in [6, 6.07) is 5.64. The third kappa shape index (κ3) is 6.38. The molecular formula is C27H39ClN2O3S. The summed E-state index contributed by atoms with van der Waals surface area (Å²) in [5, 5.41) is 23.6. The van der Waals surface area contributed by atoms with Crippen molar-refractivity contribution in [3.05, 3.63) is 35.0 Å². The molecule has 1 saturated carbocycles. The van der Waals surface area contributed by atoms with Crippen molar-refractivity contribution in [2.24, 2.45) is 5.41 Å². The molecule has 1 aliphatic heterocycles. The number of pyridine rings is 1. The van der Waals surface area contributed by atoms with Crippen LogP contribution in [0.2, 0.25) is 5.02 Å². The summed E-state index contributed by atoms with van der Waals surface area (Å²) in [4.78, 5) is 6.95. The molecule has 188 valence electrons. The molecule has 1 aliphatic carbocycles. The maximum Gasteiger partial charge on any atom is 0.119 e.